The molecule has 0 bridgehead atoms. The molecule has 1 N–H and O–H groups in total. The molecule has 1 aliphatic heterocycles. The second-order valence-corrected chi connectivity index (χ2v) is 6.63. The zero-order valence-electron chi connectivity index (χ0n) is 13.6. The summed E-state index contributed by atoms with van der Waals surface area (Å²) < 4.78 is 26.7. The molecular weight excluding hydrogens is 346 g/mol. The van der Waals surface area contributed by atoms with Gasteiger partial charge >= 0.3 is 6.09 Å². The van der Waals surface area contributed by atoms with E-state index in [0.717, 1.165) is 0 Å². The number of rotatable bonds is 2. The van der Waals surface area contributed by atoms with Gasteiger partial charge in [0.25, 0.3) is 0 Å². The SMILES string of the molecule is CSC1=N[C@@](C)(c2ccc(F)cc2)[C@@H](c2ccc(F)cc2)N1C(=O)O. The fourth-order valence-electron chi connectivity index (χ4n) is 3.14. The van der Waals surface area contributed by atoms with Crippen LogP contribution in [0.4, 0.5) is 13.6 Å². The molecule has 130 valence electrons. The summed E-state index contributed by atoms with van der Waals surface area (Å²) >= 11 is 1.22. The fourth-order valence-corrected chi connectivity index (χ4v) is 3.80. The summed E-state index contributed by atoms with van der Waals surface area (Å²) in [4.78, 5) is 17.7. The Morgan fingerprint density at radius 1 is 1.12 bits per heavy atom. The number of nitrogens with zero attached hydrogens (tertiary/aromatic N) is 2. The van der Waals surface area contributed by atoms with Crippen molar-refractivity contribution in [1.82, 2.24) is 4.90 Å². The van der Waals surface area contributed by atoms with Crippen LogP contribution in [0, 0.1) is 11.6 Å². The van der Waals surface area contributed by atoms with Gasteiger partial charge in [0.15, 0.2) is 5.17 Å². The first-order valence-corrected chi connectivity index (χ1v) is 8.77. The van der Waals surface area contributed by atoms with Crippen LogP contribution < -0.4 is 0 Å². The fraction of sp³-hybridized carbons (Fsp3) is 0.222. The summed E-state index contributed by atoms with van der Waals surface area (Å²) in [5, 5.41) is 10.1. The standard InChI is InChI=1S/C18H16F2N2O2S/c1-18(12-5-9-14(20)10-6-12)15(11-3-7-13(19)8-4-11)22(17(23)24)16(21-18)25-2/h3-10,15H,1-2H3,(H,23,24)/t15-,18+/m1/s1. The number of hydrogen-bond acceptors (Lipinski definition) is 3. The van der Waals surface area contributed by atoms with E-state index in [1.807, 2.05) is 0 Å². The first kappa shape index (κ1) is 17.4. The maximum Gasteiger partial charge on any atom is 0.414 e. The van der Waals surface area contributed by atoms with Crippen LogP contribution in [0.25, 0.3) is 0 Å². The smallest absolute Gasteiger partial charge is 0.414 e. The molecule has 0 fully saturated rings. The summed E-state index contributed by atoms with van der Waals surface area (Å²) in [5.74, 6) is -0.786. The largest absolute Gasteiger partial charge is 0.465 e. The zero-order valence-corrected chi connectivity index (χ0v) is 14.4. The van der Waals surface area contributed by atoms with Crippen molar-refractivity contribution in [3.63, 3.8) is 0 Å². The molecular formula is C18H16F2N2O2S. The predicted octanol–water partition coefficient (Wildman–Crippen LogP) is 4.63. The monoisotopic (exact) mass is 362 g/mol. The zero-order chi connectivity index (χ0) is 18.2. The molecule has 2 aromatic rings. The maximum absolute atomic E-state index is 13.3. The van der Waals surface area contributed by atoms with Gasteiger partial charge in [0.1, 0.15) is 17.2 Å². The van der Waals surface area contributed by atoms with Crippen LogP contribution in [0.1, 0.15) is 24.1 Å². The average molecular weight is 362 g/mol. The molecule has 7 heteroatoms. The Morgan fingerprint density at radius 2 is 1.64 bits per heavy atom. The minimum Gasteiger partial charge on any atom is -0.465 e. The van der Waals surface area contributed by atoms with Gasteiger partial charge in [-0.2, -0.15) is 0 Å². The summed E-state index contributed by atoms with van der Waals surface area (Å²) in [6.07, 6.45) is 0.598. The summed E-state index contributed by atoms with van der Waals surface area (Å²) in [6.45, 7) is 1.80. The molecule has 2 aromatic carbocycles. The van der Waals surface area contributed by atoms with Gasteiger partial charge in [0.05, 0.1) is 6.04 Å². The van der Waals surface area contributed by atoms with Crippen LogP contribution in [-0.2, 0) is 5.54 Å². The summed E-state index contributed by atoms with van der Waals surface area (Å²) in [6, 6.07) is 10.8. The summed E-state index contributed by atoms with van der Waals surface area (Å²) in [5.41, 5.74) is 0.337. The van der Waals surface area contributed by atoms with Crippen molar-refractivity contribution < 1.29 is 18.7 Å². The molecule has 4 nitrogen and oxygen atoms in total. The van der Waals surface area contributed by atoms with Crippen LogP contribution in [0.2, 0.25) is 0 Å². The third-order valence-corrected chi connectivity index (χ3v) is 4.98. The topological polar surface area (TPSA) is 52.9 Å². The third kappa shape index (κ3) is 3.00. The first-order valence-electron chi connectivity index (χ1n) is 7.54. The molecule has 3 rings (SSSR count). The van der Waals surface area contributed by atoms with Gasteiger partial charge < -0.3 is 5.11 Å². The van der Waals surface area contributed by atoms with Gasteiger partial charge in [-0.25, -0.2) is 23.5 Å². The number of hydrogen-bond donors (Lipinski definition) is 1. The molecule has 0 unspecified atom stereocenters. The molecule has 25 heavy (non-hydrogen) atoms. The highest BCUT2D eigenvalue weighted by atomic mass is 32.2. The van der Waals surface area contributed by atoms with Gasteiger partial charge in [-0.3, -0.25) is 0 Å². The van der Waals surface area contributed by atoms with E-state index in [-0.39, 0.29) is 5.82 Å². The van der Waals surface area contributed by atoms with Crippen molar-refractivity contribution in [2.75, 3.05) is 6.26 Å². The number of benzene rings is 2. The Bertz CT molecular complexity index is 824. The molecule has 2 atom stereocenters. The molecule has 0 spiro atoms. The van der Waals surface area contributed by atoms with Crippen molar-refractivity contribution in [3.8, 4) is 0 Å². The van der Waals surface area contributed by atoms with Crippen LogP contribution in [0.5, 0.6) is 0 Å². The van der Waals surface area contributed by atoms with E-state index in [1.54, 1.807) is 37.4 Å². The number of thioether (sulfide) groups is 1. The maximum atomic E-state index is 13.3. The van der Waals surface area contributed by atoms with E-state index >= 15 is 0 Å². The minimum atomic E-state index is -1.15. The van der Waals surface area contributed by atoms with Crippen LogP contribution in [0.3, 0.4) is 0 Å². The molecule has 0 aliphatic carbocycles. The van der Waals surface area contributed by atoms with Crippen molar-refractivity contribution in [1.29, 1.82) is 0 Å². The molecule has 0 aromatic heterocycles. The second-order valence-electron chi connectivity index (χ2n) is 5.86. The lowest BCUT2D eigenvalue weighted by Gasteiger charge is -2.33. The molecule has 0 saturated carbocycles. The van der Waals surface area contributed by atoms with Crippen molar-refractivity contribution >= 4 is 23.0 Å². The predicted molar refractivity (Wildman–Crippen MR) is 93.7 cm³/mol. The number of carboxylic acid groups (broad SMARTS) is 1. The normalized spacial score (nSPS) is 22.8. The molecule has 1 aliphatic rings. The minimum absolute atomic E-state index is 0.341. The Balaban J connectivity index is 2.18. The lowest BCUT2D eigenvalue weighted by atomic mass is 9.81. The van der Waals surface area contributed by atoms with Gasteiger partial charge in [-0.1, -0.05) is 36.0 Å². The van der Waals surface area contributed by atoms with Crippen LogP contribution in [-0.4, -0.2) is 27.5 Å². The molecule has 1 amide bonds. The van der Waals surface area contributed by atoms with E-state index in [2.05, 4.69) is 4.99 Å². The molecule has 0 radical (unpaired) electrons. The Labute approximate surface area is 148 Å². The van der Waals surface area contributed by atoms with Crippen LogP contribution in [0.15, 0.2) is 53.5 Å². The van der Waals surface area contributed by atoms with Crippen LogP contribution >= 0.6 is 11.8 Å². The van der Waals surface area contributed by atoms with E-state index in [0.29, 0.717) is 16.3 Å². The lowest BCUT2D eigenvalue weighted by Crippen LogP contribution is -2.39. The van der Waals surface area contributed by atoms with Crippen molar-refractivity contribution in [2.24, 2.45) is 4.99 Å². The second kappa shape index (κ2) is 6.48. The number of carbonyl (C=O) groups is 1. The van der Waals surface area contributed by atoms with Gasteiger partial charge in [0.2, 0.25) is 0 Å². The Kier molecular flexibility index (Phi) is 4.51. The highest BCUT2D eigenvalue weighted by molar-refractivity contribution is 8.13. The van der Waals surface area contributed by atoms with Gasteiger partial charge in [-0.15, -0.1) is 0 Å². The highest BCUT2D eigenvalue weighted by Crippen LogP contribution is 2.48. The first-order chi connectivity index (χ1) is 11.9. The number of aliphatic imine (C=N–C) groups is 1. The Morgan fingerprint density at radius 3 is 2.12 bits per heavy atom. The van der Waals surface area contributed by atoms with Crippen molar-refractivity contribution in [2.45, 2.75) is 18.5 Å². The summed E-state index contributed by atoms with van der Waals surface area (Å²) in [7, 11) is 0. The average Bonchev–Trinajstić information content (AvgIpc) is 2.90. The van der Waals surface area contributed by atoms with Gasteiger partial charge in [0, 0.05) is 0 Å². The van der Waals surface area contributed by atoms with E-state index in [4.69, 9.17) is 0 Å². The third-order valence-electron chi connectivity index (χ3n) is 4.33. The van der Waals surface area contributed by atoms with Crippen molar-refractivity contribution in [3.05, 3.63) is 71.3 Å². The molecule has 0 saturated heterocycles. The lowest BCUT2D eigenvalue weighted by molar-refractivity contribution is 0.148. The molecule has 1 heterocycles. The van der Waals surface area contributed by atoms with E-state index in [9.17, 15) is 18.7 Å². The Hall–Kier alpha value is -2.41. The number of halogens is 2. The van der Waals surface area contributed by atoms with E-state index < -0.39 is 23.5 Å². The highest BCUT2D eigenvalue weighted by Gasteiger charge is 2.50. The number of amides is 1. The quantitative estimate of drug-likeness (QED) is 0.847. The van der Waals surface area contributed by atoms with E-state index in [1.165, 1.54) is 40.9 Å². The number of amidine groups is 1. The van der Waals surface area contributed by atoms with Gasteiger partial charge in [-0.05, 0) is 48.6 Å².